The van der Waals surface area contributed by atoms with Gasteiger partial charge < -0.3 is 5.11 Å². The zero-order chi connectivity index (χ0) is 12.0. The molecule has 0 bridgehead atoms. The van der Waals surface area contributed by atoms with E-state index in [0.717, 1.165) is 28.8 Å². The molecular formula is C12H11N3O2. The number of hydrogen-bond donors (Lipinski definition) is 1. The average molecular weight is 229 g/mol. The van der Waals surface area contributed by atoms with Gasteiger partial charge in [-0.3, -0.25) is 9.67 Å². The smallest absolute Gasteiger partial charge is 0.354 e. The standard InChI is InChI=1S/C12H11N3O2/c1-15-11(12(16)17)9-3-2-7-6-13-5-4-8(7)10(9)14-15/h4-6H,2-3H2,1H3,(H,16,17). The van der Waals surface area contributed by atoms with E-state index in [1.807, 2.05) is 12.3 Å². The average Bonchev–Trinajstić information content (AvgIpc) is 2.65. The van der Waals surface area contributed by atoms with Gasteiger partial charge in [-0.25, -0.2) is 4.79 Å². The SMILES string of the molecule is Cn1nc2c(c1C(=O)O)CCc1cnccc1-2. The van der Waals surface area contributed by atoms with E-state index in [0.29, 0.717) is 12.1 Å². The number of fused-ring (bicyclic) bond motifs is 3. The first-order valence-electron chi connectivity index (χ1n) is 5.41. The minimum absolute atomic E-state index is 0.294. The van der Waals surface area contributed by atoms with Crippen LogP contribution in [0.5, 0.6) is 0 Å². The van der Waals surface area contributed by atoms with Gasteiger partial charge >= 0.3 is 5.97 Å². The fourth-order valence-corrected chi connectivity index (χ4v) is 2.41. The van der Waals surface area contributed by atoms with Crippen LogP contribution >= 0.6 is 0 Å². The zero-order valence-electron chi connectivity index (χ0n) is 9.34. The number of aromatic nitrogens is 3. The summed E-state index contributed by atoms with van der Waals surface area (Å²) in [7, 11) is 1.67. The van der Waals surface area contributed by atoms with E-state index in [4.69, 9.17) is 0 Å². The lowest BCUT2D eigenvalue weighted by atomic mass is 9.90. The quantitative estimate of drug-likeness (QED) is 0.799. The van der Waals surface area contributed by atoms with Crippen molar-refractivity contribution in [2.24, 2.45) is 7.05 Å². The molecule has 1 aliphatic rings. The van der Waals surface area contributed by atoms with Crippen LogP contribution in [0.15, 0.2) is 18.5 Å². The van der Waals surface area contributed by atoms with Crippen molar-refractivity contribution in [2.75, 3.05) is 0 Å². The van der Waals surface area contributed by atoms with Gasteiger partial charge in [0, 0.05) is 30.6 Å². The molecule has 0 aliphatic heterocycles. The highest BCUT2D eigenvalue weighted by molar-refractivity contribution is 5.90. The Morgan fingerprint density at radius 2 is 2.29 bits per heavy atom. The van der Waals surface area contributed by atoms with Crippen molar-refractivity contribution in [1.82, 2.24) is 14.8 Å². The van der Waals surface area contributed by atoms with Gasteiger partial charge in [-0.15, -0.1) is 0 Å². The van der Waals surface area contributed by atoms with Crippen LogP contribution in [-0.2, 0) is 19.9 Å². The summed E-state index contributed by atoms with van der Waals surface area (Å²) < 4.78 is 1.45. The summed E-state index contributed by atoms with van der Waals surface area (Å²) in [6.07, 6.45) is 5.07. The first kappa shape index (κ1) is 10.0. The van der Waals surface area contributed by atoms with Gasteiger partial charge in [0.25, 0.3) is 0 Å². The van der Waals surface area contributed by atoms with E-state index in [-0.39, 0.29) is 0 Å². The lowest BCUT2D eigenvalue weighted by Gasteiger charge is -2.14. The van der Waals surface area contributed by atoms with Crippen LogP contribution < -0.4 is 0 Å². The number of rotatable bonds is 1. The molecule has 2 aromatic rings. The lowest BCUT2D eigenvalue weighted by Crippen LogP contribution is -2.10. The monoisotopic (exact) mass is 229 g/mol. The molecular weight excluding hydrogens is 218 g/mol. The molecule has 3 rings (SSSR count). The molecule has 0 atom stereocenters. The highest BCUT2D eigenvalue weighted by Crippen LogP contribution is 2.33. The molecule has 0 radical (unpaired) electrons. The molecule has 0 saturated carbocycles. The van der Waals surface area contributed by atoms with Crippen LogP contribution in [0, 0.1) is 0 Å². The van der Waals surface area contributed by atoms with Gasteiger partial charge in [-0.05, 0) is 24.5 Å². The largest absolute Gasteiger partial charge is 0.477 e. The summed E-state index contributed by atoms with van der Waals surface area (Å²) in [5, 5.41) is 13.5. The maximum Gasteiger partial charge on any atom is 0.354 e. The normalized spacial score (nSPS) is 13.0. The second-order valence-electron chi connectivity index (χ2n) is 4.14. The van der Waals surface area contributed by atoms with Crippen molar-refractivity contribution in [2.45, 2.75) is 12.8 Å². The molecule has 17 heavy (non-hydrogen) atoms. The molecule has 1 aliphatic carbocycles. The van der Waals surface area contributed by atoms with Gasteiger partial charge in [0.1, 0.15) is 5.69 Å². The van der Waals surface area contributed by atoms with Crippen LogP contribution in [0.3, 0.4) is 0 Å². The number of carbonyl (C=O) groups is 1. The highest BCUT2D eigenvalue weighted by Gasteiger charge is 2.26. The molecule has 86 valence electrons. The van der Waals surface area contributed by atoms with E-state index in [1.165, 1.54) is 4.68 Å². The van der Waals surface area contributed by atoms with E-state index in [1.54, 1.807) is 13.2 Å². The number of pyridine rings is 1. The second-order valence-corrected chi connectivity index (χ2v) is 4.14. The van der Waals surface area contributed by atoms with Gasteiger partial charge in [0.15, 0.2) is 0 Å². The Labute approximate surface area is 97.7 Å². The Morgan fingerprint density at radius 1 is 1.47 bits per heavy atom. The van der Waals surface area contributed by atoms with E-state index in [2.05, 4.69) is 10.1 Å². The summed E-state index contributed by atoms with van der Waals surface area (Å²) in [5.74, 6) is -0.918. The number of nitrogens with zero attached hydrogens (tertiary/aromatic N) is 3. The Hall–Kier alpha value is -2.17. The third-order valence-electron chi connectivity index (χ3n) is 3.15. The first-order valence-corrected chi connectivity index (χ1v) is 5.41. The molecule has 5 nitrogen and oxygen atoms in total. The zero-order valence-corrected chi connectivity index (χ0v) is 9.34. The Kier molecular flexibility index (Phi) is 2.01. The Morgan fingerprint density at radius 3 is 3.06 bits per heavy atom. The molecule has 5 heteroatoms. The van der Waals surface area contributed by atoms with Crippen LogP contribution in [0.2, 0.25) is 0 Å². The molecule has 2 aromatic heterocycles. The molecule has 0 spiro atoms. The summed E-state index contributed by atoms with van der Waals surface area (Å²) >= 11 is 0. The van der Waals surface area contributed by atoms with Gasteiger partial charge in [-0.1, -0.05) is 0 Å². The van der Waals surface area contributed by atoms with Crippen LogP contribution in [0.4, 0.5) is 0 Å². The maximum atomic E-state index is 11.2. The Balaban J connectivity index is 2.28. The molecule has 0 fully saturated rings. The van der Waals surface area contributed by atoms with Crippen molar-refractivity contribution < 1.29 is 9.90 Å². The minimum atomic E-state index is -0.918. The first-order chi connectivity index (χ1) is 8.18. The molecule has 1 N–H and O–H groups in total. The minimum Gasteiger partial charge on any atom is -0.477 e. The second kappa shape index (κ2) is 3.41. The van der Waals surface area contributed by atoms with Gasteiger partial charge in [0.2, 0.25) is 0 Å². The fourth-order valence-electron chi connectivity index (χ4n) is 2.41. The molecule has 0 aromatic carbocycles. The number of aromatic carboxylic acids is 1. The van der Waals surface area contributed by atoms with Gasteiger partial charge in [-0.2, -0.15) is 5.10 Å². The van der Waals surface area contributed by atoms with Crippen molar-refractivity contribution in [1.29, 1.82) is 0 Å². The highest BCUT2D eigenvalue weighted by atomic mass is 16.4. The summed E-state index contributed by atoms with van der Waals surface area (Å²) in [5.41, 5.74) is 4.05. The summed E-state index contributed by atoms with van der Waals surface area (Å²) in [6, 6.07) is 1.89. The Bertz CT molecular complexity index is 616. The van der Waals surface area contributed by atoms with Crippen LogP contribution in [0.1, 0.15) is 21.6 Å². The topological polar surface area (TPSA) is 68.0 Å². The molecule has 2 heterocycles. The van der Waals surface area contributed by atoms with Crippen molar-refractivity contribution in [3.05, 3.63) is 35.3 Å². The number of carboxylic acid groups (broad SMARTS) is 1. The van der Waals surface area contributed by atoms with E-state index >= 15 is 0 Å². The van der Waals surface area contributed by atoms with Crippen molar-refractivity contribution >= 4 is 5.97 Å². The predicted octanol–water partition coefficient (Wildman–Crippen LogP) is 1.28. The summed E-state index contributed by atoms with van der Waals surface area (Å²) in [6.45, 7) is 0. The lowest BCUT2D eigenvalue weighted by molar-refractivity contribution is 0.0683. The third-order valence-corrected chi connectivity index (χ3v) is 3.15. The summed E-state index contributed by atoms with van der Waals surface area (Å²) in [4.78, 5) is 15.3. The molecule has 0 unspecified atom stereocenters. The fraction of sp³-hybridized carbons (Fsp3) is 0.250. The molecule has 0 amide bonds. The number of hydrogen-bond acceptors (Lipinski definition) is 3. The van der Waals surface area contributed by atoms with Gasteiger partial charge in [0.05, 0.1) is 5.69 Å². The van der Waals surface area contributed by atoms with Crippen molar-refractivity contribution in [3.63, 3.8) is 0 Å². The van der Waals surface area contributed by atoms with Crippen LogP contribution in [0.25, 0.3) is 11.3 Å². The maximum absolute atomic E-state index is 11.2. The number of aryl methyl sites for hydroxylation is 2. The number of carboxylic acids is 1. The molecule has 0 saturated heterocycles. The van der Waals surface area contributed by atoms with E-state index in [9.17, 15) is 9.90 Å². The predicted molar refractivity (Wildman–Crippen MR) is 60.8 cm³/mol. The van der Waals surface area contributed by atoms with E-state index < -0.39 is 5.97 Å². The van der Waals surface area contributed by atoms with Crippen molar-refractivity contribution in [3.8, 4) is 11.3 Å². The third kappa shape index (κ3) is 1.35. The van der Waals surface area contributed by atoms with Crippen LogP contribution in [-0.4, -0.2) is 25.8 Å².